The van der Waals surface area contributed by atoms with E-state index in [2.05, 4.69) is 15.4 Å². The number of nitrogens with zero attached hydrogens (tertiary/aromatic N) is 4. The molecule has 29 heavy (non-hydrogen) atoms. The lowest BCUT2D eigenvalue weighted by Gasteiger charge is -2.11. The molecule has 0 saturated heterocycles. The van der Waals surface area contributed by atoms with Crippen molar-refractivity contribution in [3.8, 4) is 11.3 Å². The van der Waals surface area contributed by atoms with E-state index in [1.165, 1.54) is 18.2 Å². The quantitative estimate of drug-likeness (QED) is 0.397. The lowest BCUT2D eigenvalue weighted by molar-refractivity contribution is -0.384. The fourth-order valence-electron chi connectivity index (χ4n) is 2.98. The first kappa shape index (κ1) is 18.6. The number of nitro benzene ring substituents is 1. The summed E-state index contributed by atoms with van der Waals surface area (Å²) < 4.78 is 1.65. The molecule has 0 bridgehead atoms. The van der Waals surface area contributed by atoms with E-state index >= 15 is 0 Å². The molecule has 144 valence electrons. The third kappa shape index (κ3) is 3.65. The Hall–Kier alpha value is -3.78. The van der Waals surface area contributed by atoms with Gasteiger partial charge in [0.15, 0.2) is 0 Å². The van der Waals surface area contributed by atoms with Gasteiger partial charge in [-0.2, -0.15) is 5.10 Å². The van der Waals surface area contributed by atoms with E-state index in [0.29, 0.717) is 22.2 Å². The number of nitro groups is 1. The van der Waals surface area contributed by atoms with Crippen molar-refractivity contribution in [3.05, 3.63) is 81.6 Å². The Labute approximate surface area is 169 Å². The highest BCUT2D eigenvalue weighted by molar-refractivity contribution is 6.34. The number of fused-ring (bicyclic) bond motifs is 1. The summed E-state index contributed by atoms with van der Waals surface area (Å²) in [6, 6.07) is 12.8. The number of amides is 1. The lowest BCUT2D eigenvalue weighted by atomic mass is 10.0. The van der Waals surface area contributed by atoms with Crippen LogP contribution in [0, 0.1) is 10.1 Å². The number of carbonyl (C=O) groups is 1. The number of nitrogens with one attached hydrogen (secondary N) is 1. The van der Waals surface area contributed by atoms with Crippen LogP contribution in [0.25, 0.3) is 22.2 Å². The molecule has 0 aliphatic heterocycles. The number of aryl methyl sites for hydroxylation is 1. The number of pyridine rings is 1. The predicted octanol–water partition coefficient (Wildman–Crippen LogP) is 4.45. The third-order valence-electron chi connectivity index (χ3n) is 4.37. The van der Waals surface area contributed by atoms with Gasteiger partial charge in [-0.3, -0.25) is 19.6 Å². The average Bonchev–Trinajstić information content (AvgIpc) is 3.15. The SMILES string of the molecule is Cn1cc(-c2cc(C(=O)Nc3cc([N+](=O)[O-])ccc3Cl)c3ccccc3n2)cn1. The van der Waals surface area contributed by atoms with Gasteiger partial charge in [-0.15, -0.1) is 0 Å². The van der Waals surface area contributed by atoms with Crippen molar-refractivity contribution in [1.29, 1.82) is 0 Å². The second kappa shape index (κ2) is 7.33. The minimum atomic E-state index is -0.547. The van der Waals surface area contributed by atoms with Crippen LogP contribution in [-0.4, -0.2) is 25.6 Å². The molecule has 0 fully saturated rings. The van der Waals surface area contributed by atoms with E-state index in [0.717, 1.165) is 5.56 Å². The van der Waals surface area contributed by atoms with E-state index in [1.54, 1.807) is 36.3 Å². The number of anilines is 1. The number of aromatic nitrogens is 3. The van der Waals surface area contributed by atoms with E-state index in [4.69, 9.17) is 11.6 Å². The van der Waals surface area contributed by atoms with Crippen LogP contribution < -0.4 is 5.32 Å². The van der Waals surface area contributed by atoms with Crippen LogP contribution >= 0.6 is 11.6 Å². The molecule has 0 atom stereocenters. The maximum atomic E-state index is 13.1. The molecule has 4 rings (SSSR count). The molecule has 8 nitrogen and oxygen atoms in total. The van der Waals surface area contributed by atoms with Crippen molar-refractivity contribution in [3.63, 3.8) is 0 Å². The fourth-order valence-corrected chi connectivity index (χ4v) is 3.14. The normalized spacial score (nSPS) is 10.8. The first-order valence-corrected chi connectivity index (χ1v) is 8.94. The number of benzene rings is 2. The highest BCUT2D eigenvalue weighted by Crippen LogP contribution is 2.29. The molecule has 2 aromatic carbocycles. The van der Waals surface area contributed by atoms with Crippen LogP contribution in [-0.2, 0) is 7.05 Å². The summed E-state index contributed by atoms with van der Waals surface area (Å²) in [7, 11) is 1.79. The van der Waals surface area contributed by atoms with Crippen molar-refractivity contribution >= 4 is 39.8 Å². The van der Waals surface area contributed by atoms with Gasteiger partial charge in [0.05, 0.1) is 38.6 Å². The number of hydrogen-bond donors (Lipinski definition) is 1. The molecule has 0 unspecified atom stereocenters. The molecular formula is C20H14ClN5O3. The molecule has 0 saturated carbocycles. The first-order chi connectivity index (χ1) is 13.9. The Morgan fingerprint density at radius 2 is 2.00 bits per heavy atom. The second-order valence-corrected chi connectivity index (χ2v) is 6.76. The molecule has 0 spiro atoms. The van der Waals surface area contributed by atoms with Crippen LogP contribution in [0.2, 0.25) is 5.02 Å². The van der Waals surface area contributed by atoms with Gasteiger partial charge in [-0.05, 0) is 18.2 Å². The average molecular weight is 408 g/mol. The standard InChI is InChI=1S/C20H14ClN5O3/c1-25-11-12(10-22-25)18-9-15(14-4-2-3-5-17(14)23-18)20(27)24-19-8-13(26(28)29)6-7-16(19)21/h2-11H,1H3,(H,24,27). The molecular weight excluding hydrogens is 394 g/mol. The fraction of sp³-hybridized carbons (Fsp3) is 0.0500. The molecule has 1 amide bonds. The number of para-hydroxylation sites is 1. The number of non-ortho nitro benzene ring substituents is 1. The molecule has 0 aliphatic carbocycles. The highest BCUT2D eigenvalue weighted by Gasteiger charge is 2.17. The van der Waals surface area contributed by atoms with Crippen molar-refractivity contribution < 1.29 is 9.72 Å². The number of halogens is 1. The van der Waals surface area contributed by atoms with Gasteiger partial charge in [0, 0.05) is 36.3 Å². The summed E-state index contributed by atoms with van der Waals surface area (Å²) in [4.78, 5) is 28.2. The largest absolute Gasteiger partial charge is 0.320 e. The van der Waals surface area contributed by atoms with E-state index < -0.39 is 10.8 Å². The van der Waals surface area contributed by atoms with Gasteiger partial charge in [-0.25, -0.2) is 4.98 Å². The van der Waals surface area contributed by atoms with E-state index in [1.807, 2.05) is 18.2 Å². The van der Waals surface area contributed by atoms with E-state index in [9.17, 15) is 14.9 Å². The Kier molecular flexibility index (Phi) is 4.69. The van der Waals surface area contributed by atoms with Crippen molar-refractivity contribution in [1.82, 2.24) is 14.8 Å². The predicted molar refractivity (Wildman–Crippen MR) is 110 cm³/mol. The van der Waals surface area contributed by atoms with Gasteiger partial charge in [-0.1, -0.05) is 29.8 Å². The van der Waals surface area contributed by atoms with Crippen molar-refractivity contribution in [2.45, 2.75) is 0 Å². The maximum Gasteiger partial charge on any atom is 0.271 e. The molecule has 0 radical (unpaired) electrons. The monoisotopic (exact) mass is 407 g/mol. The third-order valence-corrected chi connectivity index (χ3v) is 4.70. The number of hydrogen-bond acceptors (Lipinski definition) is 5. The zero-order chi connectivity index (χ0) is 20.5. The van der Waals surface area contributed by atoms with Gasteiger partial charge in [0.1, 0.15) is 0 Å². The second-order valence-electron chi connectivity index (χ2n) is 6.35. The van der Waals surface area contributed by atoms with Crippen LogP contribution in [0.15, 0.2) is 60.9 Å². The Morgan fingerprint density at radius 1 is 1.21 bits per heavy atom. The van der Waals surface area contributed by atoms with Gasteiger partial charge < -0.3 is 5.32 Å². The Bertz CT molecular complexity index is 1270. The Morgan fingerprint density at radius 3 is 2.72 bits per heavy atom. The van der Waals surface area contributed by atoms with Gasteiger partial charge >= 0.3 is 0 Å². The molecule has 4 aromatic rings. The lowest BCUT2D eigenvalue weighted by Crippen LogP contribution is -2.13. The van der Waals surface area contributed by atoms with Crippen molar-refractivity contribution in [2.24, 2.45) is 7.05 Å². The summed E-state index contributed by atoms with van der Waals surface area (Å²) in [6.07, 6.45) is 3.46. The zero-order valence-electron chi connectivity index (χ0n) is 15.2. The summed E-state index contributed by atoms with van der Waals surface area (Å²) in [5.74, 6) is -0.448. The summed E-state index contributed by atoms with van der Waals surface area (Å²) in [5.41, 5.74) is 2.36. The van der Waals surface area contributed by atoms with Crippen LogP contribution in [0.4, 0.5) is 11.4 Å². The maximum absolute atomic E-state index is 13.1. The topological polar surface area (TPSA) is 103 Å². The molecule has 0 aliphatic rings. The highest BCUT2D eigenvalue weighted by atomic mass is 35.5. The zero-order valence-corrected chi connectivity index (χ0v) is 15.9. The molecule has 1 N–H and O–H groups in total. The molecule has 9 heteroatoms. The van der Waals surface area contributed by atoms with E-state index in [-0.39, 0.29) is 16.4 Å². The first-order valence-electron chi connectivity index (χ1n) is 8.56. The summed E-state index contributed by atoms with van der Waals surface area (Å²) >= 11 is 6.12. The van der Waals surface area contributed by atoms with Crippen LogP contribution in [0.1, 0.15) is 10.4 Å². The molecule has 2 heterocycles. The number of rotatable bonds is 4. The van der Waals surface area contributed by atoms with Crippen LogP contribution in [0.3, 0.4) is 0 Å². The van der Waals surface area contributed by atoms with Crippen molar-refractivity contribution in [2.75, 3.05) is 5.32 Å². The Balaban J connectivity index is 1.79. The number of carbonyl (C=O) groups excluding carboxylic acids is 1. The van der Waals surface area contributed by atoms with Gasteiger partial charge in [0.25, 0.3) is 11.6 Å². The molecule has 2 aromatic heterocycles. The minimum Gasteiger partial charge on any atom is -0.320 e. The summed E-state index contributed by atoms with van der Waals surface area (Å²) in [6.45, 7) is 0. The minimum absolute atomic E-state index is 0.162. The van der Waals surface area contributed by atoms with Gasteiger partial charge in [0.2, 0.25) is 0 Å². The smallest absolute Gasteiger partial charge is 0.271 e. The van der Waals surface area contributed by atoms with Crippen LogP contribution in [0.5, 0.6) is 0 Å². The summed E-state index contributed by atoms with van der Waals surface area (Å²) in [5, 5.41) is 18.7.